The van der Waals surface area contributed by atoms with Crippen LogP contribution in [0.2, 0.25) is 0 Å². The molecular weight excluding hydrogens is 218 g/mol. The highest BCUT2D eigenvalue weighted by Gasteiger charge is 2.17. The summed E-state index contributed by atoms with van der Waals surface area (Å²) in [4.78, 5) is 19.6. The number of rotatable bonds is 2. The molecule has 1 aromatic rings. The summed E-state index contributed by atoms with van der Waals surface area (Å²) in [7, 11) is 2.07. The lowest BCUT2D eigenvalue weighted by atomic mass is 10.1. The van der Waals surface area contributed by atoms with Gasteiger partial charge in [-0.25, -0.2) is 4.79 Å². The lowest BCUT2D eigenvalue weighted by Gasteiger charge is -2.30. The summed E-state index contributed by atoms with van der Waals surface area (Å²) < 4.78 is 0. The standard InChI is InChI=1S/C11H15N5O/c1-16-4-2-3-8(7-16)13-10-5-9(6-12)14-11(17)15-10/h5,8H,2-4,7H2,1H3,(H2,13,14,15,17). The SMILES string of the molecule is CN1CCCC(Nc2cc(C#N)[nH]c(=O)n2)C1. The van der Waals surface area contributed by atoms with Gasteiger partial charge < -0.3 is 10.2 Å². The number of hydrogen-bond donors (Lipinski definition) is 2. The van der Waals surface area contributed by atoms with Crippen LogP contribution in [0.25, 0.3) is 0 Å². The molecule has 17 heavy (non-hydrogen) atoms. The van der Waals surface area contributed by atoms with Gasteiger partial charge in [-0.15, -0.1) is 0 Å². The number of nitrogens with zero attached hydrogens (tertiary/aromatic N) is 3. The number of nitriles is 1. The minimum absolute atomic E-state index is 0.233. The first-order valence-electron chi connectivity index (χ1n) is 5.64. The van der Waals surface area contributed by atoms with E-state index >= 15 is 0 Å². The number of piperidine rings is 1. The van der Waals surface area contributed by atoms with E-state index in [-0.39, 0.29) is 11.7 Å². The zero-order valence-corrected chi connectivity index (χ0v) is 9.73. The summed E-state index contributed by atoms with van der Waals surface area (Å²) in [6.07, 6.45) is 2.18. The third-order valence-corrected chi connectivity index (χ3v) is 2.84. The Kier molecular flexibility index (Phi) is 3.40. The van der Waals surface area contributed by atoms with Crippen LogP contribution in [-0.4, -0.2) is 41.0 Å². The average Bonchev–Trinajstić information content (AvgIpc) is 2.28. The highest BCUT2D eigenvalue weighted by molar-refractivity contribution is 5.39. The van der Waals surface area contributed by atoms with Gasteiger partial charge in [-0.2, -0.15) is 10.2 Å². The lowest BCUT2D eigenvalue weighted by molar-refractivity contribution is 0.260. The normalized spacial score (nSPS) is 20.8. The Hall–Kier alpha value is -1.87. The third-order valence-electron chi connectivity index (χ3n) is 2.84. The summed E-state index contributed by atoms with van der Waals surface area (Å²) in [5.41, 5.74) is -0.257. The van der Waals surface area contributed by atoms with Crippen molar-refractivity contribution in [3.63, 3.8) is 0 Å². The molecule has 1 aliphatic rings. The Morgan fingerprint density at radius 1 is 1.71 bits per heavy atom. The second-order valence-corrected chi connectivity index (χ2v) is 4.34. The van der Waals surface area contributed by atoms with E-state index in [9.17, 15) is 4.79 Å². The summed E-state index contributed by atoms with van der Waals surface area (Å²) in [5.74, 6) is 0.477. The molecule has 1 aliphatic heterocycles. The van der Waals surface area contributed by atoms with Gasteiger partial charge in [0.15, 0.2) is 0 Å². The first-order chi connectivity index (χ1) is 8.17. The van der Waals surface area contributed by atoms with Gasteiger partial charge in [0.2, 0.25) is 0 Å². The summed E-state index contributed by atoms with van der Waals surface area (Å²) in [6, 6.07) is 3.76. The zero-order chi connectivity index (χ0) is 12.3. The van der Waals surface area contributed by atoms with Gasteiger partial charge >= 0.3 is 5.69 Å². The number of aromatic nitrogens is 2. The largest absolute Gasteiger partial charge is 0.366 e. The molecule has 0 aliphatic carbocycles. The van der Waals surface area contributed by atoms with Crippen LogP contribution in [0.5, 0.6) is 0 Å². The average molecular weight is 233 g/mol. The van der Waals surface area contributed by atoms with Gasteiger partial charge in [0.05, 0.1) is 0 Å². The van der Waals surface area contributed by atoms with Crippen LogP contribution in [0.15, 0.2) is 10.9 Å². The molecule has 2 N–H and O–H groups in total. The van der Waals surface area contributed by atoms with E-state index in [0.29, 0.717) is 5.82 Å². The van der Waals surface area contributed by atoms with E-state index in [1.54, 1.807) is 6.07 Å². The molecule has 90 valence electrons. The van der Waals surface area contributed by atoms with Crippen molar-refractivity contribution < 1.29 is 0 Å². The smallest absolute Gasteiger partial charge is 0.347 e. The highest BCUT2D eigenvalue weighted by atomic mass is 16.1. The number of anilines is 1. The van der Waals surface area contributed by atoms with Gasteiger partial charge in [0.1, 0.15) is 17.6 Å². The van der Waals surface area contributed by atoms with Gasteiger partial charge in [0, 0.05) is 18.7 Å². The molecule has 0 radical (unpaired) electrons. The summed E-state index contributed by atoms with van der Waals surface area (Å²) in [5, 5.41) is 12.0. The number of H-pyrrole nitrogens is 1. The van der Waals surface area contributed by atoms with Gasteiger partial charge in [-0.1, -0.05) is 0 Å². The molecule has 1 aromatic heterocycles. The summed E-state index contributed by atoms with van der Waals surface area (Å²) >= 11 is 0. The van der Waals surface area contributed by atoms with Crippen LogP contribution in [-0.2, 0) is 0 Å². The molecule has 0 amide bonds. The van der Waals surface area contributed by atoms with Crippen molar-refractivity contribution in [3.8, 4) is 6.07 Å². The molecule has 0 spiro atoms. The molecule has 6 nitrogen and oxygen atoms in total. The van der Waals surface area contributed by atoms with Crippen molar-refractivity contribution in [3.05, 3.63) is 22.2 Å². The lowest BCUT2D eigenvalue weighted by Crippen LogP contribution is -2.40. The maximum absolute atomic E-state index is 11.2. The molecule has 6 heteroatoms. The van der Waals surface area contributed by atoms with Crippen molar-refractivity contribution in [1.29, 1.82) is 5.26 Å². The zero-order valence-electron chi connectivity index (χ0n) is 9.73. The van der Waals surface area contributed by atoms with E-state index < -0.39 is 5.69 Å². The van der Waals surface area contributed by atoms with Crippen molar-refractivity contribution in [2.75, 3.05) is 25.5 Å². The van der Waals surface area contributed by atoms with E-state index in [2.05, 4.69) is 27.2 Å². The Labute approximate surface area is 99.3 Å². The van der Waals surface area contributed by atoms with E-state index in [4.69, 9.17) is 5.26 Å². The fourth-order valence-corrected chi connectivity index (χ4v) is 2.09. The molecule has 0 saturated carbocycles. The number of nitrogens with one attached hydrogen (secondary N) is 2. The number of likely N-dealkylation sites (tertiary alicyclic amines) is 1. The first kappa shape index (κ1) is 11.6. The van der Waals surface area contributed by atoms with Crippen molar-refractivity contribution in [2.45, 2.75) is 18.9 Å². The van der Waals surface area contributed by atoms with Crippen molar-refractivity contribution in [1.82, 2.24) is 14.9 Å². The van der Waals surface area contributed by atoms with E-state index in [1.165, 1.54) is 0 Å². The quantitative estimate of drug-likeness (QED) is 0.759. The minimum Gasteiger partial charge on any atom is -0.366 e. The fourth-order valence-electron chi connectivity index (χ4n) is 2.09. The molecule has 0 aromatic carbocycles. The van der Waals surface area contributed by atoms with Crippen molar-refractivity contribution >= 4 is 5.82 Å². The number of likely N-dealkylation sites (N-methyl/N-ethyl adjacent to an activating group) is 1. The van der Waals surface area contributed by atoms with Crippen LogP contribution in [0, 0.1) is 11.3 Å². The monoisotopic (exact) mass is 233 g/mol. The predicted molar refractivity (Wildman–Crippen MR) is 63.7 cm³/mol. The van der Waals surface area contributed by atoms with Crippen LogP contribution < -0.4 is 11.0 Å². The topological polar surface area (TPSA) is 84.8 Å². The van der Waals surface area contributed by atoms with E-state index in [0.717, 1.165) is 25.9 Å². The Bertz CT molecular complexity index is 489. The number of aromatic amines is 1. The molecule has 1 unspecified atom stereocenters. The molecule has 1 saturated heterocycles. The second-order valence-electron chi connectivity index (χ2n) is 4.34. The van der Waals surface area contributed by atoms with Crippen molar-refractivity contribution in [2.24, 2.45) is 0 Å². The second kappa shape index (κ2) is 4.97. The predicted octanol–water partition coefficient (Wildman–Crippen LogP) is 0.148. The highest BCUT2D eigenvalue weighted by Crippen LogP contribution is 2.12. The number of hydrogen-bond acceptors (Lipinski definition) is 5. The van der Waals surface area contributed by atoms with Crippen LogP contribution in [0.1, 0.15) is 18.5 Å². The van der Waals surface area contributed by atoms with Gasteiger partial charge in [0.25, 0.3) is 0 Å². The Morgan fingerprint density at radius 3 is 3.24 bits per heavy atom. The minimum atomic E-state index is -0.490. The van der Waals surface area contributed by atoms with Gasteiger partial charge in [-0.05, 0) is 26.4 Å². The third kappa shape index (κ3) is 3.04. The Morgan fingerprint density at radius 2 is 2.53 bits per heavy atom. The first-order valence-corrected chi connectivity index (χ1v) is 5.64. The molecule has 2 rings (SSSR count). The van der Waals surface area contributed by atoms with Crippen LogP contribution in [0.3, 0.4) is 0 Å². The molecule has 1 atom stereocenters. The molecular formula is C11H15N5O. The van der Waals surface area contributed by atoms with E-state index in [1.807, 2.05) is 6.07 Å². The Balaban J connectivity index is 2.10. The molecule has 0 bridgehead atoms. The molecule has 1 fully saturated rings. The summed E-state index contributed by atoms with van der Waals surface area (Å²) in [6.45, 7) is 2.03. The fraction of sp³-hybridized carbons (Fsp3) is 0.545. The maximum Gasteiger partial charge on any atom is 0.347 e. The molecule has 2 heterocycles. The van der Waals surface area contributed by atoms with Crippen LogP contribution >= 0.6 is 0 Å². The van der Waals surface area contributed by atoms with Gasteiger partial charge in [-0.3, -0.25) is 4.98 Å². The van der Waals surface area contributed by atoms with Crippen LogP contribution in [0.4, 0.5) is 5.82 Å². The maximum atomic E-state index is 11.2.